The lowest BCUT2D eigenvalue weighted by Crippen LogP contribution is -2.29. The van der Waals surface area contributed by atoms with Crippen LogP contribution < -0.4 is 16.2 Å². The number of benzene rings is 1. The van der Waals surface area contributed by atoms with E-state index in [2.05, 4.69) is 15.6 Å². The molecular weight excluding hydrogens is 408 g/mol. The monoisotopic (exact) mass is 440 g/mol. The van der Waals surface area contributed by atoms with Crippen LogP contribution in [0.1, 0.15) is 64.0 Å². The Morgan fingerprint density at radius 1 is 1.28 bits per heavy atom. The second-order valence-corrected chi connectivity index (χ2v) is 8.28. The molecule has 0 spiro atoms. The van der Waals surface area contributed by atoms with E-state index in [1.54, 1.807) is 6.07 Å². The first-order chi connectivity index (χ1) is 15.4. The van der Waals surface area contributed by atoms with Crippen LogP contribution in [0.2, 0.25) is 0 Å². The third kappa shape index (κ3) is 5.83. The number of amides is 1. The molecule has 1 heterocycles. The van der Waals surface area contributed by atoms with Crippen LogP contribution >= 0.6 is 0 Å². The van der Waals surface area contributed by atoms with Gasteiger partial charge in [0.05, 0.1) is 25.4 Å². The molecule has 0 aliphatic heterocycles. The maximum Gasteiger partial charge on any atom is 0.253 e. The van der Waals surface area contributed by atoms with Crippen molar-refractivity contribution in [1.82, 2.24) is 10.3 Å². The maximum atomic E-state index is 13.1. The quantitative estimate of drug-likeness (QED) is 0.287. The largest absolute Gasteiger partial charge is 0.394 e. The van der Waals surface area contributed by atoms with Crippen molar-refractivity contribution in [3.63, 3.8) is 0 Å². The highest BCUT2D eigenvalue weighted by Gasteiger charge is 2.20. The first-order valence-corrected chi connectivity index (χ1v) is 11.0. The Balaban J connectivity index is 1.88. The highest BCUT2D eigenvalue weighted by atomic mass is 16.5. The number of ether oxygens (including phenoxy) is 1. The number of carbonyl (C=O) groups excluding carboxylic acids is 1. The van der Waals surface area contributed by atoms with Crippen molar-refractivity contribution in [1.29, 1.82) is 5.41 Å². The van der Waals surface area contributed by atoms with Gasteiger partial charge in [-0.3, -0.25) is 9.59 Å². The lowest BCUT2D eigenvalue weighted by molar-refractivity contribution is 0.0814. The summed E-state index contributed by atoms with van der Waals surface area (Å²) >= 11 is 0. The summed E-state index contributed by atoms with van der Waals surface area (Å²) in [6.07, 6.45) is 5.62. The minimum Gasteiger partial charge on any atom is -0.394 e. The van der Waals surface area contributed by atoms with Gasteiger partial charge in [-0.25, -0.2) is 0 Å². The first kappa shape index (κ1) is 23.7. The molecule has 1 aliphatic rings. The summed E-state index contributed by atoms with van der Waals surface area (Å²) in [4.78, 5) is 28.2. The highest BCUT2D eigenvalue weighted by Crippen LogP contribution is 2.27. The number of hydrogen-bond donors (Lipinski definition) is 5. The van der Waals surface area contributed by atoms with Crippen LogP contribution in [0.4, 0.5) is 5.69 Å². The molecule has 1 amide bonds. The van der Waals surface area contributed by atoms with Gasteiger partial charge in [0, 0.05) is 41.3 Å². The summed E-state index contributed by atoms with van der Waals surface area (Å²) in [5.41, 5.74) is 4.24. The molecule has 1 aromatic heterocycles. The number of hydrogen-bond acceptors (Lipinski definition) is 6. The summed E-state index contributed by atoms with van der Waals surface area (Å²) in [5, 5.41) is 23.3. The number of nitrogens with one attached hydrogen (secondary N) is 4. The molecule has 8 nitrogen and oxygen atoms in total. The number of carbonyl (C=O) groups is 1. The van der Waals surface area contributed by atoms with Crippen LogP contribution in [-0.2, 0) is 17.9 Å². The zero-order valence-corrected chi connectivity index (χ0v) is 18.7. The molecule has 5 N–H and O–H groups in total. The summed E-state index contributed by atoms with van der Waals surface area (Å²) in [7, 11) is 0. The van der Waals surface area contributed by atoms with E-state index in [1.807, 2.05) is 26.0 Å². The molecule has 1 aliphatic carbocycles. The fourth-order valence-corrected chi connectivity index (χ4v) is 4.17. The molecule has 0 saturated heterocycles. The Labute approximate surface area is 187 Å². The van der Waals surface area contributed by atoms with E-state index in [1.165, 1.54) is 6.21 Å². The normalized spacial score (nSPS) is 13.8. The average molecular weight is 441 g/mol. The van der Waals surface area contributed by atoms with Crippen LogP contribution in [0.25, 0.3) is 0 Å². The zero-order chi connectivity index (χ0) is 23.1. The summed E-state index contributed by atoms with van der Waals surface area (Å²) in [6.45, 7) is 4.12. The molecular formula is C24H32N4O4. The van der Waals surface area contributed by atoms with Gasteiger partial charge >= 0.3 is 0 Å². The van der Waals surface area contributed by atoms with E-state index in [-0.39, 0.29) is 37.8 Å². The van der Waals surface area contributed by atoms with Gasteiger partial charge in [0.15, 0.2) is 0 Å². The minimum absolute atomic E-state index is 0.0798. The SMILES string of the molecule is Cc1cc(C)c(CNC(=O)c2cc(COCCO)cc(NC3CCCC3)c2C=N)c(=O)[nH]1. The van der Waals surface area contributed by atoms with Crippen molar-refractivity contribution in [2.24, 2.45) is 0 Å². The third-order valence-corrected chi connectivity index (χ3v) is 5.77. The number of anilines is 1. The van der Waals surface area contributed by atoms with Gasteiger partial charge in [0.1, 0.15) is 0 Å². The van der Waals surface area contributed by atoms with Crippen LogP contribution in [0.5, 0.6) is 0 Å². The zero-order valence-electron chi connectivity index (χ0n) is 18.7. The number of rotatable bonds is 10. The lowest BCUT2D eigenvalue weighted by atomic mass is 10.0. The van der Waals surface area contributed by atoms with Crippen molar-refractivity contribution in [2.75, 3.05) is 18.5 Å². The molecule has 3 rings (SSSR count). The Bertz CT molecular complexity index is 1030. The predicted molar refractivity (Wildman–Crippen MR) is 125 cm³/mol. The molecule has 32 heavy (non-hydrogen) atoms. The van der Waals surface area contributed by atoms with Crippen LogP contribution in [-0.4, -0.2) is 41.5 Å². The first-order valence-electron chi connectivity index (χ1n) is 11.0. The van der Waals surface area contributed by atoms with Crippen molar-refractivity contribution in [3.8, 4) is 0 Å². The van der Waals surface area contributed by atoms with Gasteiger partial charge in [-0.05, 0) is 56.0 Å². The fourth-order valence-electron chi connectivity index (χ4n) is 4.17. The average Bonchev–Trinajstić information content (AvgIpc) is 3.25. The topological polar surface area (TPSA) is 127 Å². The molecule has 1 aromatic carbocycles. The van der Waals surface area contributed by atoms with E-state index < -0.39 is 0 Å². The molecule has 172 valence electrons. The number of H-pyrrole nitrogens is 1. The number of aryl methyl sites for hydroxylation is 2. The van der Waals surface area contributed by atoms with E-state index in [9.17, 15) is 9.59 Å². The van der Waals surface area contributed by atoms with Gasteiger partial charge < -0.3 is 30.9 Å². The number of aromatic nitrogens is 1. The molecule has 0 atom stereocenters. The third-order valence-electron chi connectivity index (χ3n) is 5.77. The molecule has 1 saturated carbocycles. The Hall–Kier alpha value is -2.97. The Morgan fingerprint density at radius 3 is 2.69 bits per heavy atom. The standard InChI is InChI=1S/C24H32N4O4/c1-15-9-16(2)27-24(31)21(15)13-26-23(30)19-10-17(14-32-8-7-29)11-22(20(19)12-25)28-18-5-3-4-6-18/h9-12,18,25,28-29H,3-8,13-14H2,1-2H3,(H,26,30)(H,27,31). The predicted octanol–water partition coefficient (Wildman–Crippen LogP) is 2.78. The van der Waals surface area contributed by atoms with Crippen LogP contribution in [0.15, 0.2) is 23.0 Å². The summed E-state index contributed by atoms with van der Waals surface area (Å²) < 4.78 is 5.46. The van der Waals surface area contributed by atoms with E-state index >= 15 is 0 Å². The van der Waals surface area contributed by atoms with Crippen molar-refractivity contribution < 1.29 is 14.6 Å². The van der Waals surface area contributed by atoms with E-state index in [0.717, 1.165) is 48.2 Å². The molecule has 8 heteroatoms. The smallest absolute Gasteiger partial charge is 0.253 e. The van der Waals surface area contributed by atoms with E-state index in [4.69, 9.17) is 15.3 Å². The maximum absolute atomic E-state index is 13.1. The molecule has 0 bridgehead atoms. The number of aromatic amines is 1. The van der Waals surface area contributed by atoms with Gasteiger partial charge in [0.2, 0.25) is 0 Å². The van der Waals surface area contributed by atoms with Crippen LogP contribution in [0, 0.1) is 19.3 Å². The lowest BCUT2D eigenvalue weighted by Gasteiger charge is -2.19. The van der Waals surface area contributed by atoms with Crippen molar-refractivity contribution in [2.45, 2.75) is 58.7 Å². The fraction of sp³-hybridized carbons (Fsp3) is 0.458. The van der Waals surface area contributed by atoms with Crippen molar-refractivity contribution >= 4 is 17.8 Å². The highest BCUT2D eigenvalue weighted by molar-refractivity contribution is 6.05. The number of pyridine rings is 1. The summed E-state index contributed by atoms with van der Waals surface area (Å²) in [6, 6.07) is 5.79. The van der Waals surface area contributed by atoms with Gasteiger partial charge in [-0.15, -0.1) is 0 Å². The molecule has 0 radical (unpaired) electrons. The van der Waals surface area contributed by atoms with E-state index in [0.29, 0.717) is 22.7 Å². The number of aliphatic hydroxyl groups excluding tert-OH is 1. The minimum atomic E-state index is -0.360. The molecule has 0 unspecified atom stereocenters. The van der Waals surface area contributed by atoms with Gasteiger partial charge in [-0.2, -0.15) is 0 Å². The van der Waals surface area contributed by atoms with Crippen molar-refractivity contribution in [3.05, 3.63) is 62.1 Å². The van der Waals surface area contributed by atoms with Gasteiger partial charge in [0.25, 0.3) is 11.5 Å². The second kappa shape index (κ2) is 11.1. The molecule has 1 fully saturated rings. The van der Waals surface area contributed by atoms with Crippen LogP contribution in [0.3, 0.4) is 0 Å². The number of aliphatic hydroxyl groups is 1. The second-order valence-electron chi connectivity index (χ2n) is 8.28. The van der Waals surface area contributed by atoms with Gasteiger partial charge in [-0.1, -0.05) is 12.8 Å². The Kier molecular flexibility index (Phi) is 8.19. The Morgan fingerprint density at radius 2 is 2.03 bits per heavy atom. The molecule has 2 aromatic rings. The summed E-state index contributed by atoms with van der Waals surface area (Å²) in [5.74, 6) is -0.360.